The van der Waals surface area contributed by atoms with Crippen LogP contribution in [0, 0.1) is 34.5 Å². The summed E-state index contributed by atoms with van der Waals surface area (Å²) in [5.74, 6) is -2.88. The lowest BCUT2D eigenvalue weighted by Gasteiger charge is -2.55. The maximum Gasteiger partial charge on any atom is 0.313 e. The normalized spacial score (nSPS) is 29.7. The Morgan fingerprint density at radius 1 is 1.20 bits per heavy atom. The zero-order valence-electron chi connectivity index (χ0n) is 13.7. The number of methoxy groups -OCH3 is 1. The van der Waals surface area contributed by atoms with E-state index in [1.807, 2.05) is 42.5 Å². The topological polar surface area (TPSA) is 115 Å². The highest BCUT2D eigenvalue weighted by molar-refractivity contribution is 5.91. The molecule has 25 heavy (non-hydrogen) atoms. The second kappa shape index (κ2) is 5.95. The number of ether oxygens (including phenoxy) is 1. The lowest BCUT2D eigenvalue weighted by atomic mass is 9.63. The quantitative estimate of drug-likeness (QED) is 0.613. The second-order valence-corrected chi connectivity index (χ2v) is 6.24. The summed E-state index contributed by atoms with van der Waals surface area (Å²) >= 11 is 0. The summed E-state index contributed by atoms with van der Waals surface area (Å²) in [6.45, 7) is 1.66. The van der Waals surface area contributed by atoms with E-state index < -0.39 is 29.4 Å². The molecule has 0 aliphatic carbocycles. The standard InChI is InChI=1S/C18H16N4O3/c1-18-14(17(24)25-2)12(10-6-4-3-5-7-10)13(16(23)22-18)15(21-18)11(8-19)9-20/h3-7,12-14,21H,1-2H3,(H,22,23)/t12-,13-,14+,18-/m1/s1. The van der Waals surface area contributed by atoms with Gasteiger partial charge in [-0.1, -0.05) is 30.3 Å². The molecule has 0 unspecified atom stereocenters. The lowest BCUT2D eigenvalue weighted by molar-refractivity contribution is -0.158. The first-order valence-electron chi connectivity index (χ1n) is 7.74. The Labute approximate surface area is 144 Å². The minimum atomic E-state index is -1.16. The minimum Gasteiger partial charge on any atom is -0.469 e. The van der Waals surface area contributed by atoms with Crippen LogP contribution in [0.15, 0.2) is 41.6 Å². The van der Waals surface area contributed by atoms with E-state index in [1.54, 1.807) is 6.92 Å². The number of amides is 1. The molecule has 3 saturated heterocycles. The van der Waals surface area contributed by atoms with Crippen molar-refractivity contribution in [1.29, 1.82) is 10.5 Å². The van der Waals surface area contributed by atoms with Crippen molar-refractivity contribution in [3.8, 4) is 12.1 Å². The largest absolute Gasteiger partial charge is 0.469 e. The molecule has 3 aliphatic rings. The molecular weight excluding hydrogens is 320 g/mol. The molecule has 0 aromatic heterocycles. The number of nitrogens with zero attached hydrogens (tertiary/aromatic N) is 2. The lowest BCUT2D eigenvalue weighted by Crippen LogP contribution is -2.75. The van der Waals surface area contributed by atoms with Crippen LogP contribution in [0.25, 0.3) is 0 Å². The fourth-order valence-corrected chi connectivity index (χ4v) is 3.84. The van der Waals surface area contributed by atoms with E-state index in [2.05, 4.69) is 10.6 Å². The van der Waals surface area contributed by atoms with Gasteiger partial charge in [-0.25, -0.2) is 0 Å². The molecule has 1 amide bonds. The number of nitrogens with one attached hydrogen (secondary N) is 2. The van der Waals surface area contributed by atoms with E-state index in [0.29, 0.717) is 0 Å². The predicted octanol–water partition coefficient (Wildman–Crippen LogP) is 0.926. The summed E-state index contributed by atoms with van der Waals surface area (Å²) in [5, 5.41) is 24.3. The van der Waals surface area contributed by atoms with Gasteiger partial charge in [-0.3, -0.25) is 9.59 Å². The van der Waals surface area contributed by atoms with Gasteiger partial charge in [-0.05, 0) is 12.5 Å². The zero-order chi connectivity index (χ0) is 18.2. The summed E-state index contributed by atoms with van der Waals surface area (Å²) < 4.78 is 4.97. The van der Waals surface area contributed by atoms with Gasteiger partial charge in [0.15, 0.2) is 0 Å². The Kier molecular flexibility index (Phi) is 3.94. The van der Waals surface area contributed by atoms with Gasteiger partial charge in [-0.2, -0.15) is 10.5 Å². The van der Waals surface area contributed by atoms with Crippen LogP contribution in [0.2, 0.25) is 0 Å². The van der Waals surface area contributed by atoms with Crippen LogP contribution in [0.5, 0.6) is 0 Å². The molecular formula is C18H16N4O3. The zero-order valence-corrected chi connectivity index (χ0v) is 13.7. The molecule has 0 saturated carbocycles. The molecule has 7 nitrogen and oxygen atoms in total. The van der Waals surface area contributed by atoms with Crippen molar-refractivity contribution in [3.05, 3.63) is 47.2 Å². The third kappa shape index (κ3) is 2.41. The Morgan fingerprint density at radius 2 is 1.84 bits per heavy atom. The Morgan fingerprint density at radius 3 is 2.40 bits per heavy atom. The predicted molar refractivity (Wildman–Crippen MR) is 86.1 cm³/mol. The number of nitriles is 2. The van der Waals surface area contributed by atoms with Gasteiger partial charge >= 0.3 is 5.97 Å². The minimum absolute atomic E-state index is 0.157. The summed E-state index contributed by atoms with van der Waals surface area (Å²) in [6, 6.07) is 12.8. The Balaban J connectivity index is 2.26. The molecule has 1 aromatic carbocycles. The third-order valence-corrected chi connectivity index (χ3v) is 4.84. The molecule has 3 heterocycles. The summed E-state index contributed by atoms with van der Waals surface area (Å²) in [7, 11) is 1.30. The first kappa shape index (κ1) is 16.5. The average molecular weight is 336 g/mol. The highest BCUT2D eigenvalue weighted by Gasteiger charge is 2.61. The summed E-state index contributed by atoms with van der Waals surface area (Å²) in [4.78, 5) is 25.2. The molecule has 0 radical (unpaired) electrons. The van der Waals surface area contributed by atoms with Gasteiger partial charge in [0.1, 0.15) is 29.3 Å². The van der Waals surface area contributed by atoms with Crippen LogP contribution in [-0.4, -0.2) is 24.6 Å². The van der Waals surface area contributed by atoms with Gasteiger partial charge in [0.25, 0.3) is 0 Å². The first-order chi connectivity index (χ1) is 12.0. The fourth-order valence-electron chi connectivity index (χ4n) is 3.84. The molecule has 126 valence electrons. The third-order valence-electron chi connectivity index (χ3n) is 4.84. The van der Waals surface area contributed by atoms with Crippen molar-refractivity contribution in [2.75, 3.05) is 7.11 Å². The van der Waals surface area contributed by atoms with Gasteiger partial charge in [0, 0.05) is 5.92 Å². The second-order valence-electron chi connectivity index (χ2n) is 6.24. The average Bonchev–Trinajstić information content (AvgIpc) is 2.61. The molecule has 3 fully saturated rings. The van der Waals surface area contributed by atoms with Gasteiger partial charge < -0.3 is 15.4 Å². The first-order valence-corrected chi connectivity index (χ1v) is 7.74. The van der Waals surface area contributed by atoms with Crippen molar-refractivity contribution >= 4 is 11.9 Å². The number of piperidine rings is 2. The number of hydrogen-bond donors (Lipinski definition) is 2. The Hall–Kier alpha value is -3.32. The number of esters is 1. The molecule has 1 aromatic rings. The van der Waals surface area contributed by atoms with E-state index in [9.17, 15) is 20.1 Å². The summed E-state index contributed by atoms with van der Waals surface area (Å²) in [5.41, 5.74) is -0.285. The molecule has 0 spiro atoms. The number of hydrogen-bond acceptors (Lipinski definition) is 6. The molecule has 2 N–H and O–H groups in total. The van der Waals surface area contributed by atoms with Crippen LogP contribution < -0.4 is 10.6 Å². The number of rotatable bonds is 2. The number of benzene rings is 1. The van der Waals surface area contributed by atoms with Crippen LogP contribution in [0.1, 0.15) is 18.4 Å². The van der Waals surface area contributed by atoms with Crippen molar-refractivity contribution < 1.29 is 14.3 Å². The maximum atomic E-state index is 12.7. The van der Waals surface area contributed by atoms with Crippen LogP contribution in [-0.2, 0) is 14.3 Å². The van der Waals surface area contributed by atoms with Gasteiger partial charge in [-0.15, -0.1) is 0 Å². The van der Waals surface area contributed by atoms with Crippen molar-refractivity contribution in [2.24, 2.45) is 11.8 Å². The Bertz CT molecular complexity index is 833. The molecule has 7 heteroatoms. The van der Waals surface area contributed by atoms with E-state index in [1.165, 1.54) is 7.11 Å². The highest BCUT2D eigenvalue weighted by atomic mass is 16.5. The number of fused-ring (bicyclic) bond motifs is 3. The number of allylic oxidation sites excluding steroid dienone is 1. The van der Waals surface area contributed by atoms with E-state index in [-0.39, 0.29) is 17.2 Å². The molecule has 2 bridgehead atoms. The van der Waals surface area contributed by atoms with E-state index >= 15 is 0 Å². The number of carbonyl (C=O) groups is 2. The molecule has 4 atom stereocenters. The van der Waals surface area contributed by atoms with Gasteiger partial charge in [0.05, 0.1) is 18.7 Å². The molecule has 3 aliphatic heterocycles. The fraction of sp³-hybridized carbons (Fsp3) is 0.333. The van der Waals surface area contributed by atoms with E-state index in [0.717, 1.165) is 5.56 Å². The van der Waals surface area contributed by atoms with Crippen LogP contribution in [0.4, 0.5) is 0 Å². The van der Waals surface area contributed by atoms with Crippen molar-refractivity contribution in [2.45, 2.75) is 18.5 Å². The monoisotopic (exact) mass is 336 g/mol. The van der Waals surface area contributed by atoms with E-state index in [4.69, 9.17) is 4.74 Å². The van der Waals surface area contributed by atoms with Crippen molar-refractivity contribution in [3.63, 3.8) is 0 Å². The SMILES string of the molecule is COC(=O)[C@@H]1[C@H](c2ccccc2)[C@H]2C(=O)N[C@@]1(C)NC2=C(C#N)C#N. The van der Waals surface area contributed by atoms with Crippen LogP contribution in [0.3, 0.4) is 0 Å². The summed E-state index contributed by atoms with van der Waals surface area (Å²) in [6.07, 6.45) is 0. The molecule has 4 rings (SSSR count). The number of carbonyl (C=O) groups excluding carboxylic acids is 2. The van der Waals surface area contributed by atoms with Crippen LogP contribution >= 0.6 is 0 Å². The highest BCUT2D eigenvalue weighted by Crippen LogP contribution is 2.49. The smallest absolute Gasteiger partial charge is 0.313 e. The van der Waals surface area contributed by atoms with Gasteiger partial charge in [0.2, 0.25) is 5.91 Å². The van der Waals surface area contributed by atoms with Crippen molar-refractivity contribution in [1.82, 2.24) is 10.6 Å². The maximum absolute atomic E-state index is 12.7.